The standard InChI is InChI=1S/C15H13NO3.H2O/c1-8-10-5-3-4-6-12(10)19-13-7-11(15(17)18)9(2)16-14(8)13;/h3-8H,1-2H3,(H,17,18);1H2. The van der Waals surface area contributed by atoms with E-state index in [-0.39, 0.29) is 17.0 Å². The van der Waals surface area contributed by atoms with Crippen molar-refractivity contribution in [3.05, 3.63) is 52.8 Å². The fourth-order valence-electron chi connectivity index (χ4n) is 2.41. The van der Waals surface area contributed by atoms with Crippen molar-refractivity contribution in [2.75, 3.05) is 0 Å². The van der Waals surface area contributed by atoms with Gasteiger partial charge in [-0.15, -0.1) is 0 Å². The van der Waals surface area contributed by atoms with Crippen LogP contribution in [-0.4, -0.2) is 21.5 Å². The van der Waals surface area contributed by atoms with Gasteiger partial charge in [0.15, 0.2) is 0 Å². The molecule has 0 amide bonds. The maximum Gasteiger partial charge on any atom is 0.337 e. The normalized spacial score (nSPS) is 15.4. The van der Waals surface area contributed by atoms with Crippen molar-refractivity contribution < 1.29 is 20.1 Å². The van der Waals surface area contributed by atoms with Crippen LogP contribution >= 0.6 is 0 Å². The van der Waals surface area contributed by atoms with Crippen LogP contribution in [-0.2, 0) is 0 Å². The fourth-order valence-corrected chi connectivity index (χ4v) is 2.41. The Labute approximate surface area is 116 Å². The minimum atomic E-state index is -0.983. The summed E-state index contributed by atoms with van der Waals surface area (Å²) in [4.78, 5) is 15.5. The van der Waals surface area contributed by atoms with E-state index in [9.17, 15) is 4.79 Å². The van der Waals surface area contributed by atoms with Gasteiger partial charge in [-0.3, -0.25) is 4.98 Å². The molecule has 0 aliphatic carbocycles. The van der Waals surface area contributed by atoms with Crippen LogP contribution in [0.1, 0.15) is 40.2 Å². The van der Waals surface area contributed by atoms with E-state index in [1.165, 1.54) is 0 Å². The zero-order valence-electron chi connectivity index (χ0n) is 11.2. The quantitative estimate of drug-likeness (QED) is 0.864. The summed E-state index contributed by atoms with van der Waals surface area (Å²) in [5, 5.41) is 9.13. The van der Waals surface area contributed by atoms with Crippen LogP contribution < -0.4 is 4.74 Å². The molecule has 1 aromatic carbocycles. The van der Waals surface area contributed by atoms with E-state index in [1.54, 1.807) is 13.0 Å². The Balaban J connectivity index is 0.00000147. The molecule has 0 bridgehead atoms. The minimum Gasteiger partial charge on any atom is -0.478 e. The van der Waals surface area contributed by atoms with Crippen molar-refractivity contribution in [1.82, 2.24) is 4.98 Å². The van der Waals surface area contributed by atoms with Crippen LogP contribution in [0.25, 0.3) is 0 Å². The lowest BCUT2D eigenvalue weighted by atomic mass is 9.93. The van der Waals surface area contributed by atoms with Gasteiger partial charge in [-0.2, -0.15) is 0 Å². The number of hydrogen-bond acceptors (Lipinski definition) is 3. The zero-order valence-corrected chi connectivity index (χ0v) is 11.2. The van der Waals surface area contributed by atoms with Gasteiger partial charge in [-0.05, 0) is 19.1 Å². The first kappa shape index (κ1) is 14.0. The highest BCUT2D eigenvalue weighted by Gasteiger charge is 2.27. The SMILES string of the molecule is Cc1nc2c(cc1C(=O)O)Oc1ccccc1C2C.O. The molecule has 3 rings (SSSR count). The number of benzene rings is 1. The molecule has 0 radical (unpaired) electrons. The van der Waals surface area contributed by atoms with Gasteiger partial charge in [0.25, 0.3) is 0 Å². The van der Waals surface area contributed by atoms with E-state index in [2.05, 4.69) is 4.98 Å². The predicted molar refractivity (Wildman–Crippen MR) is 73.6 cm³/mol. The third-order valence-electron chi connectivity index (χ3n) is 3.45. The summed E-state index contributed by atoms with van der Waals surface area (Å²) in [6.07, 6.45) is 0. The van der Waals surface area contributed by atoms with Gasteiger partial charge in [-0.25, -0.2) is 4.79 Å². The van der Waals surface area contributed by atoms with E-state index in [0.717, 1.165) is 17.0 Å². The van der Waals surface area contributed by atoms with Gasteiger partial charge in [0.2, 0.25) is 0 Å². The molecule has 5 heteroatoms. The van der Waals surface area contributed by atoms with Gasteiger partial charge < -0.3 is 15.3 Å². The van der Waals surface area contributed by atoms with Gasteiger partial charge in [0.1, 0.15) is 11.5 Å². The van der Waals surface area contributed by atoms with Crippen molar-refractivity contribution in [2.45, 2.75) is 19.8 Å². The summed E-state index contributed by atoms with van der Waals surface area (Å²) < 4.78 is 5.77. The molecule has 20 heavy (non-hydrogen) atoms. The second-order valence-corrected chi connectivity index (χ2v) is 4.67. The van der Waals surface area contributed by atoms with Gasteiger partial charge in [-0.1, -0.05) is 25.1 Å². The van der Waals surface area contributed by atoms with Crippen molar-refractivity contribution in [3.8, 4) is 11.5 Å². The van der Waals surface area contributed by atoms with Gasteiger partial charge >= 0.3 is 5.97 Å². The van der Waals surface area contributed by atoms with E-state index >= 15 is 0 Å². The first-order valence-corrected chi connectivity index (χ1v) is 6.09. The molecule has 1 unspecified atom stereocenters. The molecular weight excluding hydrogens is 258 g/mol. The molecular formula is C15H15NO4. The highest BCUT2D eigenvalue weighted by atomic mass is 16.5. The lowest BCUT2D eigenvalue weighted by molar-refractivity contribution is 0.0695. The molecule has 3 N–H and O–H groups in total. The summed E-state index contributed by atoms with van der Waals surface area (Å²) >= 11 is 0. The number of hydrogen-bond donors (Lipinski definition) is 1. The van der Waals surface area contributed by atoms with Crippen LogP contribution in [0, 0.1) is 6.92 Å². The Kier molecular flexibility index (Phi) is 3.46. The average molecular weight is 273 g/mol. The van der Waals surface area contributed by atoms with Crippen molar-refractivity contribution in [1.29, 1.82) is 0 Å². The molecule has 0 fully saturated rings. The summed E-state index contributed by atoms with van der Waals surface area (Å²) in [6, 6.07) is 9.31. The fraction of sp³-hybridized carbons (Fsp3) is 0.200. The molecule has 104 valence electrons. The monoisotopic (exact) mass is 273 g/mol. The average Bonchev–Trinajstić information content (AvgIpc) is 2.39. The third kappa shape index (κ3) is 2.02. The molecule has 0 spiro atoms. The second-order valence-electron chi connectivity index (χ2n) is 4.67. The second kappa shape index (κ2) is 4.94. The lowest BCUT2D eigenvalue weighted by Gasteiger charge is -2.25. The first-order valence-electron chi connectivity index (χ1n) is 6.09. The lowest BCUT2D eigenvalue weighted by Crippen LogP contribution is -2.13. The molecule has 1 aliphatic heterocycles. The van der Waals surface area contributed by atoms with Gasteiger partial charge in [0.05, 0.1) is 17.0 Å². The number of carboxylic acid groups (broad SMARTS) is 1. The van der Waals surface area contributed by atoms with E-state index in [4.69, 9.17) is 9.84 Å². The Hall–Kier alpha value is -2.40. The maximum absolute atomic E-state index is 11.1. The molecule has 1 atom stereocenters. The number of aryl methyl sites for hydroxylation is 1. The minimum absolute atomic E-state index is 0. The van der Waals surface area contributed by atoms with E-state index in [1.807, 2.05) is 31.2 Å². The molecule has 1 aromatic heterocycles. The number of carboxylic acids is 1. The number of fused-ring (bicyclic) bond motifs is 2. The number of carbonyl (C=O) groups is 1. The Morgan fingerprint density at radius 2 is 2.00 bits per heavy atom. The number of para-hydroxylation sites is 1. The van der Waals surface area contributed by atoms with Crippen molar-refractivity contribution in [2.24, 2.45) is 0 Å². The number of aromatic carboxylic acids is 1. The van der Waals surface area contributed by atoms with Crippen LogP contribution in [0.3, 0.4) is 0 Å². The van der Waals surface area contributed by atoms with Crippen LogP contribution in [0.4, 0.5) is 0 Å². The number of aromatic nitrogens is 1. The Morgan fingerprint density at radius 1 is 1.30 bits per heavy atom. The highest BCUT2D eigenvalue weighted by Crippen LogP contribution is 2.43. The molecule has 0 saturated carbocycles. The summed E-state index contributed by atoms with van der Waals surface area (Å²) in [5.41, 5.74) is 2.57. The summed E-state index contributed by atoms with van der Waals surface area (Å²) in [7, 11) is 0. The first-order chi connectivity index (χ1) is 9.08. The Morgan fingerprint density at radius 3 is 2.70 bits per heavy atom. The van der Waals surface area contributed by atoms with Crippen LogP contribution in [0.15, 0.2) is 30.3 Å². The van der Waals surface area contributed by atoms with Crippen LogP contribution in [0.5, 0.6) is 11.5 Å². The molecule has 5 nitrogen and oxygen atoms in total. The largest absolute Gasteiger partial charge is 0.478 e. The zero-order chi connectivity index (χ0) is 13.6. The molecule has 2 heterocycles. The van der Waals surface area contributed by atoms with Crippen molar-refractivity contribution >= 4 is 5.97 Å². The van der Waals surface area contributed by atoms with Gasteiger partial charge in [0, 0.05) is 11.5 Å². The smallest absolute Gasteiger partial charge is 0.337 e. The van der Waals surface area contributed by atoms with Crippen LogP contribution in [0.2, 0.25) is 0 Å². The summed E-state index contributed by atoms with van der Waals surface area (Å²) in [5.74, 6) is 0.420. The molecule has 1 aliphatic rings. The number of rotatable bonds is 1. The molecule has 0 saturated heterocycles. The summed E-state index contributed by atoms with van der Waals surface area (Å²) in [6.45, 7) is 3.75. The number of pyridine rings is 1. The molecule has 2 aromatic rings. The highest BCUT2D eigenvalue weighted by molar-refractivity contribution is 5.89. The van der Waals surface area contributed by atoms with Crippen molar-refractivity contribution in [3.63, 3.8) is 0 Å². The predicted octanol–water partition coefficient (Wildman–Crippen LogP) is 2.52. The Bertz CT molecular complexity index is 682. The van der Waals surface area contributed by atoms with E-state index < -0.39 is 5.97 Å². The topological polar surface area (TPSA) is 90.9 Å². The maximum atomic E-state index is 11.1. The number of ether oxygens (including phenoxy) is 1. The third-order valence-corrected chi connectivity index (χ3v) is 3.45. The number of nitrogens with zero attached hydrogens (tertiary/aromatic N) is 1. The van der Waals surface area contributed by atoms with E-state index in [0.29, 0.717) is 11.4 Å².